The van der Waals surface area contributed by atoms with Crippen LogP contribution in [-0.4, -0.2) is 16.0 Å². The molecule has 1 heterocycles. The van der Waals surface area contributed by atoms with Crippen molar-refractivity contribution in [2.24, 2.45) is 0 Å². The number of aromatic nitrogens is 1. The van der Waals surface area contributed by atoms with Crippen LogP contribution in [0.2, 0.25) is 0 Å². The van der Waals surface area contributed by atoms with Crippen LogP contribution in [-0.2, 0) is 4.79 Å². The molecule has 4 N–H and O–H groups in total. The van der Waals surface area contributed by atoms with Gasteiger partial charge in [0, 0.05) is 18.0 Å². The quantitative estimate of drug-likeness (QED) is 0.578. The van der Waals surface area contributed by atoms with E-state index in [4.69, 9.17) is 5.73 Å². The SMILES string of the molecule is Nc1ccc(/C=C/C(=O)Nc2ncccc2O)cc1. The van der Waals surface area contributed by atoms with Gasteiger partial charge in [-0.3, -0.25) is 4.79 Å². The number of carbonyl (C=O) groups is 1. The van der Waals surface area contributed by atoms with Crippen LogP contribution in [0.4, 0.5) is 11.5 Å². The Morgan fingerprint density at radius 3 is 2.68 bits per heavy atom. The zero-order valence-corrected chi connectivity index (χ0v) is 10.1. The molecule has 96 valence electrons. The molecule has 0 spiro atoms. The maximum Gasteiger partial charge on any atom is 0.249 e. The lowest BCUT2D eigenvalue weighted by Gasteiger charge is -2.02. The number of aromatic hydroxyl groups is 1. The Hall–Kier alpha value is -2.82. The summed E-state index contributed by atoms with van der Waals surface area (Å²) in [5.74, 6) is -0.308. The fraction of sp³-hybridized carbons (Fsp3) is 0. The van der Waals surface area contributed by atoms with Crippen molar-refractivity contribution in [3.63, 3.8) is 0 Å². The first-order valence-electron chi connectivity index (χ1n) is 5.64. The lowest BCUT2D eigenvalue weighted by atomic mass is 10.2. The smallest absolute Gasteiger partial charge is 0.249 e. The first kappa shape index (κ1) is 12.6. The van der Waals surface area contributed by atoms with Gasteiger partial charge in [-0.25, -0.2) is 4.98 Å². The van der Waals surface area contributed by atoms with Gasteiger partial charge < -0.3 is 16.2 Å². The van der Waals surface area contributed by atoms with Crippen molar-refractivity contribution in [1.82, 2.24) is 4.98 Å². The van der Waals surface area contributed by atoms with Gasteiger partial charge in [0.2, 0.25) is 5.91 Å². The summed E-state index contributed by atoms with van der Waals surface area (Å²) in [6.45, 7) is 0. The molecule has 5 heteroatoms. The van der Waals surface area contributed by atoms with Crippen LogP contribution >= 0.6 is 0 Å². The van der Waals surface area contributed by atoms with Crippen LogP contribution in [0.25, 0.3) is 6.08 Å². The molecule has 1 amide bonds. The summed E-state index contributed by atoms with van der Waals surface area (Å²) in [4.78, 5) is 15.5. The molecule has 0 saturated carbocycles. The molecular formula is C14H13N3O2. The fourth-order valence-electron chi connectivity index (χ4n) is 1.43. The molecule has 0 atom stereocenters. The summed E-state index contributed by atoms with van der Waals surface area (Å²) in [5, 5.41) is 11.9. The number of nitrogens with zero attached hydrogens (tertiary/aromatic N) is 1. The van der Waals surface area contributed by atoms with Crippen LogP contribution in [0, 0.1) is 0 Å². The van der Waals surface area contributed by atoms with Gasteiger partial charge in [0.05, 0.1) is 0 Å². The molecule has 0 aliphatic rings. The minimum atomic E-state index is -0.370. The lowest BCUT2D eigenvalue weighted by Crippen LogP contribution is -2.09. The molecule has 0 aliphatic carbocycles. The molecule has 19 heavy (non-hydrogen) atoms. The second-order valence-corrected chi connectivity index (χ2v) is 3.86. The van der Waals surface area contributed by atoms with E-state index >= 15 is 0 Å². The number of pyridine rings is 1. The van der Waals surface area contributed by atoms with E-state index in [-0.39, 0.29) is 17.5 Å². The van der Waals surface area contributed by atoms with Gasteiger partial charge >= 0.3 is 0 Å². The Morgan fingerprint density at radius 2 is 2.00 bits per heavy atom. The number of nitrogen functional groups attached to an aromatic ring is 1. The van der Waals surface area contributed by atoms with Gasteiger partial charge in [-0.2, -0.15) is 0 Å². The van der Waals surface area contributed by atoms with Crippen LogP contribution in [0.15, 0.2) is 48.7 Å². The van der Waals surface area contributed by atoms with Crippen LogP contribution in [0.5, 0.6) is 5.75 Å². The van der Waals surface area contributed by atoms with Gasteiger partial charge in [-0.1, -0.05) is 12.1 Å². The van der Waals surface area contributed by atoms with E-state index in [1.807, 2.05) is 0 Å². The van der Waals surface area contributed by atoms with Crippen molar-refractivity contribution in [2.75, 3.05) is 11.1 Å². The molecule has 5 nitrogen and oxygen atoms in total. The molecule has 0 radical (unpaired) electrons. The number of nitrogens with one attached hydrogen (secondary N) is 1. The number of hydrogen-bond donors (Lipinski definition) is 3. The van der Waals surface area contributed by atoms with Crippen molar-refractivity contribution in [2.45, 2.75) is 0 Å². The van der Waals surface area contributed by atoms with Crippen molar-refractivity contribution in [1.29, 1.82) is 0 Å². The van der Waals surface area contributed by atoms with E-state index in [0.717, 1.165) is 5.56 Å². The fourth-order valence-corrected chi connectivity index (χ4v) is 1.43. The number of amides is 1. The van der Waals surface area contributed by atoms with Gasteiger partial charge in [-0.05, 0) is 35.9 Å². The molecule has 1 aromatic heterocycles. The topological polar surface area (TPSA) is 88.2 Å². The molecule has 0 fully saturated rings. The van der Waals surface area contributed by atoms with E-state index < -0.39 is 0 Å². The molecule has 0 bridgehead atoms. The van der Waals surface area contributed by atoms with Crippen LogP contribution in [0.1, 0.15) is 5.56 Å². The third-order valence-corrected chi connectivity index (χ3v) is 2.39. The highest BCUT2D eigenvalue weighted by Gasteiger charge is 2.03. The van der Waals surface area contributed by atoms with Gasteiger partial charge in [0.25, 0.3) is 0 Å². The molecule has 0 aliphatic heterocycles. The largest absolute Gasteiger partial charge is 0.504 e. The van der Waals surface area contributed by atoms with Crippen molar-refractivity contribution in [3.05, 3.63) is 54.2 Å². The van der Waals surface area contributed by atoms with E-state index in [1.165, 1.54) is 18.3 Å². The second-order valence-electron chi connectivity index (χ2n) is 3.86. The summed E-state index contributed by atoms with van der Waals surface area (Å²) in [6.07, 6.45) is 4.49. The molecule has 0 saturated heterocycles. The predicted octanol–water partition coefficient (Wildman–Crippen LogP) is 2.02. The Morgan fingerprint density at radius 1 is 1.26 bits per heavy atom. The Kier molecular flexibility index (Phi) is 3.78. The van der Waals surface area contributed by atoms with E-state index in [2.05, 4.69) is 10.3 Å². The first-order chi connectivity index (χ1) is 9.15. The Labute approximate surface area is 110 Å². The summed E-state index contributed by atoms with van der Waals surface area (Å²) in [5.41, 5.74) is 7.08. The Balaban J connectivity index is 2.02. The lowest BCUT2D eigenvalue weighted by molar-refractivity contribution is -0.111. The monoisotopic (exact) mass is 255 g/mol. The molecule has 2 aromatic rings. The minimum Gasteiger partial charge on any atom is -0.504 e. The van der Waals surface area contributed by atoms with Crippen molar-refractivity contribution >= 4 is 23.5 Å². The third kappa shape index (κ3) is 3.57. The number of carbonyl (C=O) groups excluding carboxylic acids is 1. The van der Waals surface area contributed by atoms with E-state index in [1.54, 1.807) is 36.4 Å². The number of rotatable bonds is 3. The molecular weight excluding hydrogens is 242 g/mol. The van der Waals surface area contributed by atoms with Crippen molar-refractivity contribution in [3.8, 4) is 5.75 Å². The van der Waals surface area contributed by atoms with Gasteiger partial charge in [0.15, 0.2) is 11.6 Å². The van der Waals surface area contributed by atoms with Gasteiger partial charge in [0.1, 0.15) is 0 Å². The first-order valence-corrected chi connectivity index (χ1v) is 5.64. The van der Waals surface area contributed by atoms with Gasteiger partial charge in [-0.15, -0.1) is 0 Å². The molecule has 2 rings (SSSR count). The number of benzene rings is 1. The number of anilines is 2. The molecule has 1 aromatic carbocycles. The minimum absolute atomic E-state index is 0.0725. The number of nitrogens with two attached hydrogens (primary N) is 1. The molecule has 0 unspecified atom stereocenters. The maximum atomic E-state index is 11.6. The second kappa shape index (κ2) is 5.68. The summed E-state index contributed by atoms with van der Waals surface area (Å²) in [7, 11) is 0. The predicted molar refractivity (Wildman–Crippen MR) is 74.4 cm³/mol. The van der Waals surface area contributed by atoms with Crippen molar-refractivity contribution < 1.29 is 9.90 Å². The highest BCUT2D eigenvalue weighted by atomic mass is 16.3. The van der Waals surface area contributed by atoms with Crippen LogP contribution in [0.3, 0.4) is 0 Å². The summed E-state index contributed by atoms with van der Waals surface area (Å²) >= 11 is 0. The van der Waals surface area contributed by atoms with E-state index in [9.17, 15) is 9.90 Å². The standard InChI is InChI=1S/C14H13N3O2/c15-11-6-3-10(4-7-11)5-8-13(19)17-14-12(18)2-1-9-16-14/h1-9,18H,15H2,(H,16,17,19)/b8-5+. The average molecular weight is 255 g/mol. The summed E-state index contributed by atoms with van der Waals surface area (Å²) < 4.78 is 0. The highest BCUT2D eigenvalue weighted by molar-refractivity contribution is 6.02. The Bertz CT molecular complexity index is 606. The van der Waals surface area contributed by atoms with Crippen LogP contribution < -0.4 is 11.1 Å². The zero-order valence-electron chi connectivity index (χ0n) is 10.1. The zero-order chi connectivity index (χ0) is 13.7. The average Bonchev–Trinajstić information content (AvgIpc) is 2.41. The highest BCUT2D eigenvalue weighted by Crippen LogP contribution is 2.18. The van der Waals surface area contributed by atoms with E-state index in [0.29, 0.717) is 5.69 Å². The maximum absolute atomic E-state index is 11.6. The normalized spacial score (nSPS) is 10.5. The third-order valence-electron chi connectivity index (χ3n) is 2.39. The number of hydrogen-bond acceptors (Lipinski definition) is 4. The summed E-state index contributed by atoms with van der Waals surface area (Å²) in [6, 6.07) is 10.1.